The van der Waals surface area contributed by atoms with E-state index in [1.807, 2.05) is 12.1 Å². The molecule has 180 valence electrons. The van der Waals surface area contributed by atoms with Gasteiger partial charge in [-0.25, -0.2) is 0 Å². The zero-order valence-corrected chi connectivity index (χ0v) is 20.5. The summed E-state index contributed by atoms with van der Waals surface area (Å²) in [5.74, 6) is 0.114. The first-order valence-corrected chi connectivity index (χ1v) is 11.6. The second-order valence-corrected chi connectivity index (χ2v) is 8.56. The quantitative estimate of drug-likeness (QED) is 0.303. The minimum Gasteiger partial charge on any atom is -0.360 e. The number of benzene rings is 2. The summed E-state index contributed by atoms with van der Waals surface area (Å²) in [6.07, 6.45) is 0.495. The van der Waals surface area contributed by atoms with Gasteiger partial charge in [-0.15, -0.1) is 0 Å². The van der Waals surface area contributed by atoms with Crippen LogP contribution in [0, 0.1) is 13.8 Å². The van der Waals surface area contributed by atoms with E-state index in [9.17, 15) is 9.59 Å². The summed E-state index contributed by atoms with van der Waals surface area (Å²) in [7, 11) is 0. The fourth-order valence-corrected chi connectivity index (χ4v) is 4.07. The molecule has 0 spiro atoms. The van der Waals surface area contributed by atoms with E-state index in [4.69, 9.17) is 32.2 Å². The Morgan fingerprint density at radius 2 is 1.14 bits per heavy atom. The number of hydrogen-bond donors (Lipinski definition) is 2. The smallest absolute Gasteiger partial charge is 0.257 e. The van der Waals surface area contributed by atoms with Crippen LogP contribution in [0.4, 0.5) is 0 Å². The number of amides is 2. The van der Waals surface area contributed by atoms with E-state index in [-0.39, 0.29) is 11.8 Å². The number of aryl methyl sites for hydroxylation is 2. The van der Waals surface area contributed by atoms with E-state index in [1.54, 1.807) is 50.2 Å². The van der Waals surface area contributed by atoms with Crippen LogP contribution in [0.5, 0.6) is 0 Å². The average molecular weight is 513 g/mol. The third kappa shape index (κ3) is 5.23. The summed E-state index contributed by atoms with van der Waals surface area (Å²) in [6.45, 7) is 3.98. The fraction of sp³-hybridized carbons (Fsp3) is 0.200. The van der Waals surface area contributed by atoms with E-state index in [2.05, 4.69) is 20.9 Å². The van der Waals surface area contributed by atoms with E-state index in [1.165, 1.54) is 0 Å². The van der Waals surface area contributed by atoms with Crippen LogP contribution < -0.4 is 10.6 Å². The van der Waals surface area contributed by atoms with Crippen molar-refractivity contribution in [2.45, 2.75) is 20.3 Å². The van der Waals surface area contributed by atoms with Crippen LogP contribution in [0.25, 0.3) is 22.5 Å². The van der Waals surface area contributed by atoms with E-state index in [0.29, 0.717) is 74.7 Å². The highest BCUT2D eigenvalue weighted by molar-refractivity contribution is 6.33. The molecule has 0 aliphatic carbocycles. The molecule has 0 saturated carbocycles. The van der Waals surface area contributed by atoms with E-state index >= 15 is 0 Å². The Balaban J connectivity index is 1.35. The van der Waals surface area contributed by atoms with Gasteiger partial charge in [0, 0.05) is 24.2 Å². The van der Waals surface area contributed by atoms with Gasteiger partial charge in [-0.05, 0) is 32.4 Å². The van der Waals surface area contributed by atoms with Gasteiger partial charge in [-0.2, -0.15) is 0 Å². The summed E-state index contributed by atoms with van der Waals surface area (Å²) < 4.78 is 10.5. The molecule has 2 N–H and O–H groups in total. The number of nitrogens with zero attached hydrogens (tertiary/aromatic N) is 2. The molecule has 10 heteroatoms. The van der Waals surface area contributed by atoms with Gasteiger partial charge >= 0.3 is 0 Å². The molecule has 0 bridgehead atoms. The van der Waals surface area contributed by atoms with Gasteiger partial charge < -0.3 is 19.7 Å². The van der Waals surface area contributed by atoms with E-state index in [0.717, 1.165) is 0 Å². The fourth-order valence-electron chi connectivity index (χ4n) is 3.62. The Kier molecular flexibility index (Phi) is 7.53. The second-order valence-electron chi connectivity index (χ2n) is 7.75. The van der Waals surface area contributed by atoms with Crippen molar-refractivity contribution in [3.63, 3.8) is 0 Å². The van der Waals surface area contributed by atoms with Crippen molar-refractivity contribution in [2.75, 3.05) is 13.1 Å². The van der Waals surface area contributed by atoms with Crippen molar-refractivity contribution in [2.24, 2.45) is 0 Å². The zero-order chi connectivity index (χ0) is 24.9. The molecule has 4 rings (SSSR count). The standard InChI is InChI=1S/C25H22Cl2N4O4/c1-14-20(22(30-34-14)16-8-3-5-10-18(16)26)24(32)28-12-7-13-29-25(33)21-15(2)35-31-23(21)17-9-4-6-11-19(17)27/h3-6,8-11H,7,12-13H2,1-2H3,(H,28,32)(H,29,33). The third-order valence-electron chi connectivity index (χ3n) is 5.36. The Morgan fingerprint density at radius 1 is 0.743 bits per heavy atom. The molecule has 35 heavy (non-hydrogen) atoms. The number of halogens is 2. The van der Waals surface area contributed by atoms with Gasteiger partial charge in [0.2, 0.25) is 0 Å². The van der Waals surface area contributed by atoms with E-state index < -0.39 is 0 Å². The molecule has 0 aliphatic rings. The Morgan fingerprint density at radius 3 is 1.54 bits per heavy atom. The van der Waals surface area contributed by atoms with Crippen molar-refractivity contribution in [1.82, 2.24) is 20.9 Å². The highest BCUT2D eigenvalue weighted by Crippen LogP contribution is 2.32. The van der Waals surface area contributed by atoms with Crippen molar-refractivity contribution in [3.05, 3.63) is 81.2 Å². The molecular weight excluding hydrogens is 491 g/mol. The van der Waals surface area contributed by atoms with Gasteiger partial charge in [0.1, 0.15) is 34.0 Å². The summed E-state index contributed by atoms with van der Waals surface area (Å²) in [4.78, 5) is 25.6. The van der Waals surface area contributed by atoms with Gasteiger partial charge in [-0.3, -0.25) is 9.59 Å². The van der Waals surface area contributed by atoms with Crippen LogP contribution in [-0.2, 0) is 0 Å². The van der Waals surface area contributed by atoms with Gasteiger partial charge in [0.05, 0.1) is 10.0 Å². The van der Waals surface area contributed by atoms with Crippen LogP contribution in [0.1, 0.15) is 38.7 Å². The van der Waals surface area contributed by atoms with Gasteiger partial charge in [0.15, 0.2) is 0 Å². The van der Waals surface area contributed by atoms with Crippen LogP contribution >= 0.6 is 23.2 Å². The topological polar surface area (TPSA) is 110 Å². The van der Waals surface area contributed by atoms with Crippen LogP contribution in [0.2, 0.25) is 10.0 Å². The molecule has 0 fully saturated rings. The molecule has 2 aromatic carbocycles. The molecule has 0 saturated heterocycles. The minimum atomic E-state index is -0.333. The second kappa shape index (κ2) is 10.8. The molecular formula is C25H22Cl2N4O4. The monoisotopic (exact) mass is 512 g/mol. The lowest BCUT2D eigenvalue weighted by atomic mass is 10.1. The Bertz CT molecular complexity index is 1280. The van der Waals surface area contributed by atoms with Crippen LogP contribution in [-0.4, -0.2) is 35.2 Å². The Hall–Kier alpha value is -3.62. The largest absolute Gasteiger partial charge is 0.360 e. The maximum absolute atomic E-state index is 12.8. The molecule has 0 unspecified atom stereocenters. The molecule has 0 aliphatic heterocycles. The molecule has 2 aromatic heterocycles. The molecule has 4 aromatic rings. The number of aromatic nitrogens is 2. The number of carbonyl (C=O) groups excluding carboxylic acids is 2. The summed E-state index contributed by atoms with van der Waals surface area (Å²) in [5, 5.41) is 14.6. The Labute approximate surface area is 211 Å². The highest BCUT2D eigenvalue weighted by atomic mass is 35.5. The third-order valence-corrected chi connectivity index (χ3v) is 6.02. The highest BCUT2D eigenvalue weighted by Gasteiger charge is 2.24. The number of nitrogens with one attached hydrogen (secondary N) is 2. The van der Waals surface area contributed by atoms with Crippen molar-refractivity contribution >= 4 is 35.0 Å². The minimum absolute atomic E-state index is 0.325. The van der Waals surface area contributed by atoms with Crippen LogP contribution in [0.3, 0.4) is 0 Å². The van der Waals surface area contributed by atoms with Gasteiger partial charge in [-0.1, -0.05) is 69.9 Å². The lowest BCUT2D eigenvalue weighted by Crippen LogP contribution is -2.30. The van der Waals surface area contributed by atoms with Crippen molar-refractivity contribution in [3.8, 4) is 22.5 Å². The number of hydrogen-bond acceptors (Lipinski definition) is 6. The maximum Gasteiger partial charge on any atom is 0.257 e. The zero-order valence-electron chi connectivity index (χ0n) is 19.0. The van der Waals surface area contributed by atoms with Crippen molar-refractivity contribution < 1.29 is 18.6 Å². The number of rotatable bonds is 8. The first kappa shape index (κ1) is 24.5. The average Bonchev–Trinajstić information content (AvgIpc) is 3.41. The van der Waals surface area contributed by atoms with Crippen molar-refractivity contribution in [1.29, 1.82) is 0 Å². The normalized spacial score (nSPS) is 10.9. The molecule has 2 amide bonds. The summed E-state index contributed by atoms with van der Waals surface area (Å²) in [5.41, 5.74) is 2.64. The predicted molar refractivity (Wildman–Crippen MR) is 133 cm³/mol. The molecule has 2 heterocycles. The first-order chi connectivity index (χ1) is 16.9. The molecule has 8 nitrogen and oxygen atoms in total. The predicted octanol–water partition coefficient (Wildman–Crippen LogP) is 5.47. The maximum atomic E-state index is 12.8. The lowest BCUT2D eigenvalue weighted by Gasteiger charge is -2.08. The first-order valence-electron chi connectivity index (χ1n) is 10.9. The summed E-state index contributed by atoms with van der Waals surface area (Å²) >= 11 is 12.5. The summed E-state index contributed by atoms with van der Waals surface area (Å²) in [6, 6.07) is 14.2. The number of carbonyl (C=O) groups is 2. The van der Waals surface area contributed by atoms with Gasteiger partial charge in [0.25, 0.3) is 11.8 Å². The lowest BCUT2D eigenvalue weighted by molar-refractivity contribution is 0.0951. The van der Waals surface area contributed by atoms with Crippen LogP contribution in [0.15, 0.2) is 57.6 Å². The molecule has 0 atom stereocenters. The molecule has 0 radical (unpaired) electrons. The SMILES string of the molecule is Cc1onc(-c2ccccc2Cl)c1C(=O)NCCCNC(=O)c1c(-c2ccccc2Cl)noc1C.